The van der Waals surface area contributed by atoms with E-state index in [0.717, 1.165) is 31.2 Å². The molecule has 0 spiro atoms. The third-order valence-electron chi connectivity index (χ3n) is 3.34. The molecular weight excluding hydrogens is 290 g/mol. The maximum Gasteiger partial charge on any atom is 0.229 e. The van der Waals surface area contributed by atoms with Crippen LogP contribution in [0.5, 0.6) is 0 Å². The Morgan fingerprint density at radius 3 is 2.76 bits per heavy atom. The largest absolute Gasteiger partial charge is 0.324 e. The number of anilines is 2. The van der Waals surface area contributed by atoms with E-state index in [9.17, 15) is 13.2 Å². The minimum atomic E-state index is -3.38. The van der Waals surface area contributed by atoms with Crippen molar-refractivity contribution in [1.29, 1.82) is 0 Å². The third kappa shape index (κ3) is 5.02. The summed E-state index contributed by atoms with van der Waals surface area (Å²) in [4.78, 5) is 12.1. The van der Waals surface area contributed by atoms with Crippen LogP contribution in [0.4, 0.5) is 11.4 Å². The number of sulfonamides is 1. The highest BCUT2D eigenvalue weighted by Crippen LogP contribution is 2.24. The van der Waals surface area contributed by atoms with Crippen LogP contribution in [0.15, 0.2) is 18.2 Å². The second-order valence-corrected chi connectivity index (χ2v) is 7.22. The monoisotopic (exact) mass is 311 g/mol. The average Bonchev–Trinajstić information content (AvgIpc) is 2.84. The number of nitrogens with one attached hydrogen (secondary N) is 3. The van der Waals surface area contributed by atoms with Crippen LogP contribution in [0.2, 0.25) is 0 Å². The van der Waals surface area contributed by atoms with Gasteiger partial charge in [0.15, 0.2) is 0 Å². The smallest absolute Gasteiger partial charge is 0.229 e. The van der Waals surface area contributed by atoms with E-state index < -0.39 is 10.0 Å². The number of carbonyl (C=O) groups excluding carboxylic acids is 1. The molecule has 7 heteroatoms. The molecule has 116 valence electrons. The molecule has 1 unspecified atom stereocenters. The minimum Gasteiger partial charge on any atom is -0.324 e. The molecule has 1 aliphatic rings. The van der Waals surface area contributed by atoms with Gasteiger partial charge >= 0.3 is 0 Å². The van der Waals surface area contributed by atoms with Gasteiger partial charge in [-0.15, -0.1) is 0 Å². The lowest BCUT2D eigenvalue weighted by atomic mass is 10.1. The van der Waals surface area contributed by atoms with E-state index in [1.54, 1.807) is 18.2 Å². The van der Waals surface area contributed by atoms with Crippen molar-refractivity contribution in [3.8, 4) is 0 Å². The van der Waals surface area contributed by atoms with Crippen LogP contribution < -0.4 is 15.4 Å². The van der Waals surface area contributed by atoms with Crippen LogP contribution in [-0.4, -0.2) is 33.2 Å². The average molecular weight is 311 g/mol. The zero-order valence-corrected chi connectivity index (χ0v) is 13.1. The van der Waals surface area contributed by atoms with Crippen LogP contribution in [0, 0.1) is 6.92 Å². The number of amides is 1. The fourth-order valence-corrected chi connectivity index (χ4v) is 2.98. The molecule has 0 radical (unpaired) electrons. The SMILES string of the molecule is Cc1ccc(NS(C)(=O)=O)c(NC(=O)CC2CCCN2)c1. The zero-order valence-electron chi connectivity index (χ0n) is 12.3. The lowest BCUT2D eigenvalue weighted by molar-refractivity contribution is -0.116. The van der Waals surface area contributed by atoms with E-state index >= 15 is 0 Å². The predicted molar refractivity (Wildman–Crippen MR) is 83.9 cm³/mol. The Bertz CT molecular complexity index is 622. The standard InChI is InChI=1S/C14H21N3O3S/c1-10-5-6-12(17-21(2,19)20)13(8-10)16-14(18)9-11-4-3-7-15-11/h5-6,8,11,15,17H,3-4,7,9H2,1-2H3,(H,16,18). The normalized spacial score (nSPS) is 18.5. The van der Waals surface area contributed by atoms with Gasteiger partial charge < -0.3 is 10.6 Å². The van der Waals surface area contributed by atoms with Crippen molar-refractivity contribution in [1.82, 2.24) is 5.32 Å². The van der Waals surface area contributed by atoms with Crippen LogP contribution in [0.1, 0.15) is 24.8 Å². The van der Waals surface area contributed by atoms with E-state index in [1.165, 1.54) is 0 Å². The quantitative estimate of drug-likeness (QED) is 0.768. The first kappa shape index (κ1) is 15.8. The number of carbonyl (C=O) groups is 1. The summed E-state index contributed by atoms with van der Waals surface area (Å²) >= 11 is 0. The highest BCUT2D eigenvalue weighted by molar-refractivity contribution is 7.92. The molecule has 1 atom stereocenters. The van der Waals surface area contributed by atoms with Crippen molar-refractivity contribution in [2.75, 3.05) is 22.8 Å². The first-order valence-corrected chi connectivity index (χ1v) is 8.84. The predicted octanol–water partition coefficient (Wildman–Crippen LogP) is 1.45. The molecule has 1 aromatic carbocycles. The number of benzene rings is 1. The van der Waals surface area contributed by atoms with Crippen molar-refractivity contribution < 1.29 is 13.2 Å². The van der Waals surface area contributed by atoms with Gasteiger partial charge in [-0.25, -0.2) is 8.42 Å². The van der Waals surface area contributed by atoms with E-state index in [2.05, 4.69) is 15.4 Å². The van der Waals surface area contributed by atoms with Gasteiger partial charge in [-0.1, -0.05) is 6.07 Å². The van der Waals surface area contributed by atoms with Crippen LogP contribution in [0.3, 0.4) is 0 Å². The Morgan fingerprint density at radius 2 is 2.14 bits per heavy atom. The molecule has 3 N–H and O–H groups in total. The zero-order chi connectivity index (χ0) is 15.5. The number of rotatable bonds is 5. The molecule has 0 aromatic heterocycles. The first-order chi connectivity index (χ1) is 9.83. The molecule has 1 fully saturated rings. The summed E-state index contributed by atoms with van der Waals surface area (Å²) in [6.45, 7) is 2.84. The lowest BCUT2D eigenvalue weighted by Crippen LogP contribution is -2.27. The lowest BCUT2D eigenvalue weighted by Gasteiger charge is -2.14. The molecule has 1 aliphatic heterocycles. The molecule has 1 saturated heterocycles. The molecule has 1 amide bonds. The van der Waals surface area contributed by atoms with E-state index in [-0.39, 0.29) is 11.9 Å². The van der Waals surface area contributed by atoms with Gasteiger partial charge in [-0.3, -0.25) is 9.52 Å². The molecule has 0 saturated carbocycles. The highest BCUT2D eigenvalue weighted by Gasteiger charge is 2.18. The number of hydrogen-bond acceptors (Lipinski definition) is 4. The van der Waals surface area contributed by atoms with Crippen LogP contribution >= 0.6 is 0 Å². The molecule has 0 aliphatic carbocycles. The Labute approximate surface area is 125 Å². The molecule has 21 heavy (non-hydrogen) atoms. The highest BCUT2D eigenvalue weighted by atomic mass is 32.2. The molecule has 2 rings (SSSR count). The van der Waals surface area contributed by atoms with Gasteiger partial charge in [-0.2, -0.15) is 0 Å². The summed E-state index contributed by atoms with van der Waals surface area (Å²) in [6.07, 6.45) is 3.56. The van der Waals surface area contributed by atoms with Crippen molar-refractivity contribution in [3.63, 3.8) is 0 Å². The summed E-state index contributed by atoms with van der Waals surface area (Å²) in [5.74, 6) is -0.114. The summed E-state index contributed by atoms with van der Waals surface area (Å²) in [5.41, 5.74) is 1.82. The summed E-state index contributed by atoms with van der Waals surface area (Å²) < 4.78 is 25.2. The van der Waals surface area contributed by atoms with Gasteiger partial charge in [-0.05, 0) is 44.0 Å². The van der Waals surface area contributed by atoms with Crippen molar-refractivity contribution in [2.45, 2.75) is 32.2 Å². The summed E-state index contributed by atoms with van der Waals surface area (Å²) in [7, 11) is -3.38. The molecule has 1 aromatic rings. The van der Waals surface area contributed by atoms with Gasteiger partial charge in [0.05, 0.1) is 17.6 Å². The number of aryl methyl sites for hydroxylation is 1. The molecular formula is C14H21N3O3S. The van der Waals surface area contributed by atoms with Crippen molar-refractivity contribution >= 4 is 27.3 Å². The van der Waals surface area contributed by atoms with Crippen molar-refractivity contribution in [3.05, 3.63) is 23.8 Å². The summed E-state index contributed by atoms with van der Waals surface area (Å²) in [6, 6.07) is 5.41. The van der Waals surface area contributed by atoms with Gasteiger partial charge in [0, 0.05) is 12.5 Å². The van der Waals surface area contributed by atoms with Crippen molar-refractivity contribution in [2.24, 2.45) is 0 Å². The topological polar surface area (TPSA) is 87.3 Å². The molecule has 1 heterocycles. The summed E-state index contributed by atoms with van der Waals surface area (Å²) in [5, 5.41) is 6.06. The van der Waals surface area contributed by atoms with Crippen LogP contribution in [0.25, 0.3) is 0 Å². The Kier molecular flexibility index (Phi) is 4.84. The minimum absolute atomic E-state index is 0.114. The Morgan fingerprint density at radius 1 is 1.38 bits per heavy atom. The molecule has 6 nitrogen and oxygen atoms in total. The Hall–Kier alpha value is -1.60. The third-order valence-corrected chi connectivity index (χ3v) is 3.93. The van der Waals surface area contributed by atoms with E-state index in [0.29, 0.717) is 17.8 Å². The van der Waals surface area contributed by atoms with Crippen LogP contribution in [-0.2, 0) is 14.8 Å². The van der Waals surface area contributed by atoms with Gasteiger partial charge in [0.2, 0.25) is 15.9 Å². The number of hydrogen-bond donors (Lipinski definition) is 3. The van der Waals surface area contributed by atoms with Gasteiger partial charge in [0.25, 0.3) is 0 Å². The van der Waals surface area contributed by atoms with Gasteiger partial charge in [0.1, 0.15) is 0 Å². The second-order valence-electron chi connectivity index (χ2n) is 5.47. The maximum absolute atomic E-state index is 12.1. The Balaban J connectivity index is 2.10. The second kappa shape index (κ2) is 6.44. The molecule has 0 bridgehead atoms. The fourth-order valence-electron chi connectivity index (χ4n) is 2.41. The maximum atomic E-state index is 12.1. The fraction of sp³-hybridized carbons (Fsp3) is 0.500. The van der Waals surface area contributed by atoms with E-state index in [1.807, 2.05) is 6.92 Å². The first-order valence-electron chi connectivity index (χ1n) is 6.95. The van der Waals surface area contributed by atoms with E-state index in [4.69, 9.17) is 0 Å².